The highest BCUT2D eigenvalue weighted by Gasteiger charge is 2.06. The molecule has 1 N–H and O–H groups in total. The molecule has 0 fully saturated rings. The number of rotatable bonds is 5. The van der Waals surface area contributed by atoms with Crippen LogP contribution in [0.4, 0.5) is 5.69 Å². The van der Waals surface area contributed by atoms with E-state index in [1.54, 1.807) is 18.0 Å². The van der Waals surface area contributed by atoms with E-state index in [-0.39, 0.29) is 0 Å². The predicted molar refractivity (Wildman–Crippen MR) is 84.9 cm³/mol. The van der Waals surface area contributed by atoms with Crippen molar-refractivity contribution in [3.63, 3.8) is 0 Å². The summed E-state index contributed by atoms with van der Waals surface area (Å²) in [5.74, 6) is 0.948. The van der Waals surface area contributed by atoms with Crippen molar-refractivity contribution in [1.82, 2.24) is 9.97 Å². The van der Waals surface area contributed by atoms with Crippen molar-refractivity contribution in [2.24, 2.45) is 0 Å². The second-order valence-electron chi connectivity index (χ2n) is 4.03. The predicted octanol–water partition coefficient (Wildman–Crippen LogP) is 4.66. The molecule has 0 radical (unpaired) electrons. The number of nitrogens with one attached hydrogen (secondary N) is 1. The lowest BCUT2D eigenvalue weighted by Gasteiger charge is -2.03. The largest absolute Gasteiger partial charge is 0.431 e. The van der Waals surface area contributed by atoms with Crippen molar-refractivity contribution in [3.8, 4) is 0 Å². The zero-order chi connectivity index (χ0) is 13.9. The SMILES string of the molecule is CCSc1nc2ccc(NCc3cnc(Cl)s3)cc2o1. The number of benzene rings is 1. The first-order valence-corrected chi connectivity index (χ1v) is 8.30. The Kier molecular flexibility index (Phi) is 4.14. The summed E-state index contributed by atoms with van der Waals surface area (Å²) in [4.78, 5) is 9.52. The van der Waals surface area contributed by atoms with E-state index in [1.165, 1.54) is 11.3 Å². The molecule has 0 saturated carbocycles. The molecule has 1 aromatic carbocycles. The molecule has 2 aromatic heterocycles. The van der Waals surface area contributed by atoms with Gasteiger partial charge in [0.15, 0.2) is 10.0 Å². The van der Waals surface area contributed by atoms with Gasteiger partial charge in [-0.2, -0.15) is 0 Å². The molecule has 0 amide bonds. The van der Waals surface area contributed by atoms with E-state index in [2.05, 4.69) is 22.2 Å². The van der Waals surface area contributed by atoms with Gasteiger partial charge in [0.1, 0.15) is 5.52 Å². The molecule has 7 heteroatoms. The summed E-state index contributed by atoms with van der Waals surface area (Å²) in [6, 6.07) is 5.92. The van der Waals surface area contributed by atoms with E-state index in [9.17, 15) is 0 Å². The van der Waals surface area contributed by atoms with Crippen LogP contribution in [0.5, 0.6) is 0 Å². The number of anilines is 1. The van der Waals surface area contributed by atoms with Crippen LogP contribution in [0.25, 0.3) is 11.1 Å². The third-order valence-electron chi connectivity index (χ3n) is 2.63. The van der Waals surface area contributed by atoms with Gasteiger partial charge in [-0.25, -0.2) is 9.97 Å². The lowest BCUT2D eigenvalue weighted by atomic mass is 10.3. The first-order valence-electron chi connectivity index (χ1n) is 6.12. The molecule has 3 aromatic rings. The molecule has 104 valence electrons. The maximum atomic E-state index is 5.81. The van der Waals surface area contributed by atoms with Crippen LogP contribution in [-0.2, 0) is 6.54 Å². The normalized spacial score (nSPS) is 11.1. The molecule has 0 aliphatic carbocycles. The standard InChI is InChI=1S/C13H12ClN3OS2/c1-2-19-13-17-10-4-3-8(5-11(10)18-13)15-6-9-7-16-12(14)20-9/h3-5,7,15H,2,6H2,1H3. The summed E-state index contributed by atoms with van der Waals surface area (Å²) >= 11 is 8.88. The van der Waals surface area contributed by atoms with E-state index in [4.69, 9.17) is 16.0 Å². The molecular weight excluding hydrogens is 314 g/mol. The molecule has 0 aliphatic rings. The quantitative estimate of drug-likeness (QED) is 0.691. The number of thioether (sulfide) groups is 1. The van der Waals surface area contributed by atoms with Gasteiger partial charge in [0.2, 0.25) is 0 Å². The fourth-order valence-electron chi connectivity index (χ4n) is 1.75. The van der Waals surface area contributed by atoms with Crippen molar-refractivity contribution in [2.45, 2.75) is 18.7 Å². The third-order valence-corrected chi connectivity index (χ3v) is 4.45. The minimum absolute atomic E-state index is 0.564. The van der Waals surface area contributed by atoms with Crippen molar-refractivity contribution < 1.29 is 4.42 Å². The summed E-state index contributed by atoms with van der Waals surface area (Å²) in [5.41, 5.74) is 2.67. The van der Waals surface area contributed by atoms with Gasteiger partial charge in [0.25, 0.3) is 5.22 Å². The Labute approximate surface area is 129 Å². The van der Waals surface area contributed by atoms with Gasteiger partial charge in [-0.1, -0.05) is 30.3 Å². The van der Waals surface area contributed by atoms with Crippen LogP contribution in [-0.4, -0.2) is 15.7 Å². The lowest BCUT2D eigenvalue weighted by molar-refractivity contribution is 0.490. The molecule has 0 bridgehead atoms. The molecule has 0 spiro atoms. The van der Waals surface area contributed by atoms with Crippen LogP contribution in [0, 0.1) is 0 Å². The van der Waals surface area contributed by atoms with Gasteiger partial charge < -0.3 is 9.73 Å². The first kappa shape index (κ1) is 13.7. The van der Waals surface area contributed by atoms with Crippen LogP contribution in [0.15, 0.2) is 34.0 Å². The lowest BCUT2D eigenvalue weighted by Crippen LogP contribution is -1.96. The minimum atomic E-state index is 0.564. The Bertz CT molecular complexity index is 725. The Morgan fingerprint density at radius 1 is 1.45 bits per heavy atom. The highest BCUT2D eigenvalue weighted by atomic mass is 35.5. The highest BCUT2D eigenvalue weighted by Crippen LogP contribution is 2.26. The number of aromatic nitrogens is 2. The number of thiazole rings is 1. The maximum Gasteiger partial charge on any atom is 0.256 e. The average Bonchev–Trinajstić information content (AvgIpc) is 3.02. The molecule has 0 saturated heterocycles. The molecule has 0 aliphatic heterocycles. The summed E-state index contributed by atoms with van der Waals surface area (Å²) < 4.78 is 6.25. The number of hydrogen-bond acceptors (Lipinski definition) is 6. The van der Waals surface area contributed by atoms with Crippen LogP contribution >= 0.6 is 34.7 Å². The molecule has 20 heavy (non-hydrogen) atoms. The van der Waals surface area contributed by atoms with E-state index in [0.29, 0.717) is 16.2 Å². The van der Waals surface area contributed by atoms with Gasteiger partial charge in [0, 0.05) is 22.8 Å². The number of nitrogens with zero attached hydrogens (tertiary/aromatic N) is 2. The van der Waals surface area contributed by atoms with Crippen molar-refractivity contribution in [2.75, 3.05) is 11.1 Å². The molecule has 3 rings (SSSR count). The second-order valence-corrected chi connectivity index (χ2v) is 6.94. The number of fused-ring (bicyclic) bond motifs is 1. The summed E-state index contributed by atoms with van der Waals surface area (Å²) in [6.07, 6.45) is 1.78. The zero-order valence-corrected chi connectivity index (χ0v) is 13.1. The van der Waals surface area contributed by atoms with Crippen LogP contribution in [0.3, 0.4) is 0 Å². The van der Waals surface area contributed by atoms with E-state index < -0.39 is 0 Å². The fourth-order valence-corrected chi connectivity index (χ4v) is 3.23. The molecule has 0 unspecified atom stereocenters. The monoisotopic (exact) mass is 325 g/mol. The number of oxazole rings is 1. The fraction of sp³-hybridized carbons (Fsp3) is 0.231. The summed E-state index contributed by atoms with van der Waals surface area (Å²) in [6.45, 7) is 2.77. The minimum Gasteiger partial charge on any atom is -0.431 e. The van der Waals surface area contributed by atoms with Gasteiger partial charge >= 0.3 is 0 Å². The molecule has 4 nitrogen and oxygen atoms in total. The zero-order valence-electron chi connectivity index (χ0n) is 10.7. The Hall–Kier alpha value is -1.24. The van der Waals surface area contributed by atoms with Gasteiger partial charge in [-0.05, 0) is 17.9 Å². The molecular formula is C13H12ClN3OS2. The third kappa shape index (κ3) is 3.08. The topological polar surface area (TPSA) is 51.0 Å². The van der Waals surface area contributed by atoms with Crippen molar-refractivity contribution in [3.05, 3.63) is 33.7 Å². The van der Waals surface area contributed by atoms with Crippen molar-refractivity contribution in [1.29, 1.82) is 0 Å². The van der Waals surface area contributed by atoms with E-state index in [1.807, 2.05) is 18.2 Å². The van der Waals surface area contributed by atoms with Crippen LogP contribution < -0.4 is 5.32 Å². The van der Waals surface area contributed by atoms with Crippen LogP contribution in [0.1, 0.15) is 11.8 Å². The van der Waals surface area contributed by atoms with Gasteiger partial charge in [-0.15, -0.1) is 11.3 Å². The Balaban J connectivity index is 1.74. The van der Waals surface area contributed by atoms with E-state index in [0.717, 1.165) is 27.4 Å². The highest BCUT2D eigenvalue weighted by molar-refractivity contribution is 7.99. The smallest absolute Gasteiger partial charge is 0.256 e. The maximum absolute atomic E-state index is 5.81. The van der Waals surface area contributed by atoms with Crippen molar-refractivity contribution >= 4 is 51.5 Å². The molecule has 0 atom stereocenters. The molecule has 2 heterocycles. The first-order chi connectivity index (χ1) is 9.74. The average molecular weight is 326 g/mol. The van der Waals surface area contributed by atoms with Crippen LogP contribution in [0.2, 0.25) is 4.47 Å². The second kappa shape index (κ2) is 6.03. The summed E-state index contributed by atoms with van der Waals surface area (Å²) in [5, 5.41) is 4.04. The Morgan fingerprint density at radius 3 is 3.10 bits per heavy atom. The number of hydrogen-bond donors (Lipinski definition) is 1. The summed E-state index contributed by atoms with van der Waals surface area (Å²) in [7, 11) is 0. The van der Waals surface area contributed by atoms with E-state index >= 15 is 0 Å². The van der Waals surface area contributed by atoms with Gasteiger partial charge in [0.05, 0.1) is 6.54 Å². The Morgan fingerprint density at radius 2 is 2.35 bits per heavy atom. The number of halogens is 1. The van der Waals surface area contributed by atoms with Gasteiger partial charge in [-0.3, -0.25) is 0 Å².